The van der Waals surface area contributed by atoms with Crippen molar-refractivity contribution in [1.29, 1.82) is 0 Å². The summed E-state index contributed by atoms with van der Waals surface area (Å²) in [6.45, 7) is 5.20. The van der Waals surface area contributed by atoms with Gasteiger partial charge in [-0.1, -0.05) is 18.2 Å². The molecule has 2 aromatic heterocycles. The summed E-state index contributed by atoms with van der Waals surface area (Å²) < 4.78 is 4.18. The smallest absolute Gasteiger partial charge is 0.175 e. The molecule has 0 amide bonds. The molecular weight excluding hydrogens is 336 g/mol. The number of rotatable bonds is 5. The first-order chi connectivity index (χ1) is 13.0. The summed E-state index contributed by atoms with van der Waals surface area (Å²) in [7, 11) is 6.20. The number of nitrogens with zero attached hydrogens (tertiary/aromatic N) is 6. The fourth-order valence-corrected chi connectivity index (χ4v) is 3.87. The summed E-state index contributed by atoms with van der Waals surface area (Å²) in [5, 5.41) is 4.83. The Morgan fingerprint density at radius 1 is 1.15 bits per heavy atom. The summed E-state index contributed by atoms with van der Waals surface area (Å²) in [6.07, 6.45) is 6.41. The summed E-state index contributed by atoms with van der Waals surface area (Å²) in [5.74, 6) is 2.03. The molecule has 6 heteroatoms. The van der Waals surface area contributed by atoms with Crippen LogP contribution in [0.3, 0.4) is 0 Å². The Labute approximate surface area is 161 Å². The molecule has 0 radical (unpaired) electrons. The van der Waals surface area contributed by atoms with Gasteiger partial charge >= 0.3 is 0 Å². The van der Waals surface area contributed by atoms with Gasteiger partial charge in [0.2, 0.25) is 0 Å². The molecule has 3 heterocycles. The fraction of sp³-hybridized carbons (Fsp3) is 0.429. The zero-order valence-electron chi connectivity index (χ0n) is 16.7. The first kappa shape index (κ1) is 17.8. The molecule has 0 atom stereocenters. The lowest BCUT2D eigenvalue weighted by molar-refractivity contribution is 0.402. The summed E-state index contributed by atoms with van der Waals surface area (Å²) in [6, 6.07) is 8.66. The van der Waals surface area contributed by atoms with E-state index in [4.69, 9.17) is 10.1 Å². The van der Waals surface area contributed by atoms with Crippen LogP contribution in [0.4, 0.5) is 5.82 Å². The van der Waals surface area contributed by atoms with Gasteiger partial charge in [0.25, 0.3) is 0 Å². The van der Waals surface area contributed by atoms with Crippen LogP contribution in [0.5, 0.6) is 0 Å². The second kappa shape index (κ2) is 7.19. The molecule has 1 saturated heterocycles. The van der Waals surface area contributed by atoms with Crippen molar-refractivity contribution in [3.05, 3.63) is 47.9 Å². The van der Waals surface area contributed by atoms with Gasteiger partial charge in [-0.25, -0.2) is 4.98 Å². The Morgan fingerprint density at radius 2 is 1.93 bits per heavy atom. The van der Waals surface area contributed by atoms with Crippen LogP contribution in [0.25, 0.3) is 17.1 Å². The molecule has 1 aliphatic rings. The topological polar surface area (TPSA) is 42.1 Å². The minimum atomic E-state index is 0.916. The molecule has 6 nitrogen and oxygen atoms in total. The first-order valence-corrected chi connectivity index (χ1v) is 9.61. The maximum Gasteiger partial charge on any atom is 0.175 e. The van der Waals surface area contributed by atoms with Crippen LogP contribution >= 0.6 is 0 Å². The van der Waals surface area contributed by atoms with Crippen LogP contribution in [-0.4, -0.2) is 51.4 Å². The highest BCUT2D eigenvalue weighted by molar-refractivity contribution is 5.67. The van der Waals surface area contributed by atoms with E-state index in [-0.39, 0.29) is 0 Å². The van der Waals surface area contributed by atoms with Gasteiger partial charge in [0.05, 0.1) is 5.69 Å². The van der Waals surface area contributed by atoms with E-state index in [1.807, 2.05) is 17.9 Å². The summed E-state index contributed by atoms with van der Waals surface area (Å²) in [5.41, 5.74) is 4.72. The predicted molar refractivity (Wildman–Crippen MR) is 109 cm³/mol. The van der Waals surface area contributed by atoms with E-state index in [9.17, 15) is 0 Å². The zero-order valence-corrected chi connectivity index (χ0v) is 16.7. The molecule has 1 aliphatic heterocycles. The fourth-order valence-electron chi connectivity index (χ4n) is 3.87. The third kappa shape index (κ3) is 3.37. The van der Waals surface area contributed by atoms with E-state index in [1.54, 1.807) is 0 Å². The van der Waals surface area contributed by atoms with Crippen molar-refractivity contribution >= 4 is 5.82 Å². The van der Waals surface area contributed by atoms with Gasteiger partial charge in [-0.2, -0.15) is 5.10 Å². The Balaban J connectivity index is 1.79. The van der Waals surface area contributed by atoms with Crippen molar-refractivity contribution in [2.45, 2.75) is 26.3 Å². The predicted octanol–water partition coefficient (Wildman–Crippen LogP) is 3.24. The van der Waals surface area contributed by atoms with Crippen molar-refractivity contribution in [1.82, 2.24) is 24.2 Å². The van der Waals surface area contributed by atoms with Gasteiger partial charge in [-0.15, -0.1) is 0 Å². The standard InChI is InChI=1S/C21H28N6/c1-16-19(21(23-25(16)4)26-11-5-6-12-26)27-13-10-22-20(27)18-9-7-8-17(14-18)15-24(2)3/h7-10,13-14H,5-6,11-12,15H2,1-4H3. The number of imidazole rings is 1. The van der Waals surface area contributed by atoms with Gasteiger partial charge in [-0.3, -0.25) is 9.25 Å². The highest BCUT2D eigenvalue weighted by Gasteiger charge is 2.24. The maximum absolute atomic E-state index is 4.83. The second-order valence-electron chi connectivity index (χ2n) is 7.63. The molecule has 0 spiro atoms. The van der Waals surface area contributed by atoms with Crippen molar-refractivity contribution in [3.63, 3.8) is 0 Å². The molecule has 0 aliphatic carbocycles. The van der Waals surface area contributed by atoms with Gasteiger partial charge in [0.1, 0.15) is 11.5 Å². The van der Waals surface area contributed by atoms with E-state index < -0.39 is 0 Å². The molecule has 3 aromatic rings. The molecule has 4 rings (SSSR count). The Hall–Kier alpha value is -2.60. The Kier molecular flexibility index (Phi) is 4.74. The average Bonchev–Trinajstić information content (AvgIpc) is 3.36. The molecule has 0 N–H and O–H groups in total. The van der Waals surface area contributed by atoms with E-state index in [1.165, 1.54) is 18.4 Å². The van der Waals surface area contributed by atoms with Crippen LogP contribution < -0.4 is 4.90 Å². The van der Waals surface area contributed by atoms with E-state index in [0.29, 0.717) is 0 Å². The summed E-state index contributed by atoms with van der Waals surface area (Å²) >= 11 is 0. The highest BCUT2D eigenvalue weighted by atomic mass is 15.4. The molecular formula is C21H28N6. The Morgan fingerprint density at radius 3 is 2.67 bits per heavy atom. The second-order valence-corrected chi connectivity index (χ2v) is 7.63. The van der Waals surface area contributed by atoms with Gasteiger partial charge in [0, 0.05) is 44.6 Å². The first-order valence-electron chi connectivity index (χ1n) is 9.61. The van der Waals surface area contributed by atoms with E-state index in [0.717, 1.165) is 48.2 Å². The number of benzene rings is 1. The van der Waals surface area contributed by atoms with Gasteiger partial charge in [-0.05, 0) is 45.5 Å². The molecule has 1 aromatic carbocycles. The van der Waals surface area contributed by atoms with Crippen LogP contribution in [0, 0.1) is 6.92 Å². The average molecular weight is 364 g/mol. The quantitative estimate of drug-likeness (QED) is 0.697. The number of hydrogen-bond acceptors (Lipinski definition) is 4. The lowest BCUT2D eigenvalue weighted by Crippen LogP contribution is -2.20. The lowest BCUT2D eigenvalue weighted by Gasteiger charge is -2.18. The van der Waals surface area contributed by atoms with Crippen LogP contribution in [0.1, 0.15) is 24.1 Å². The number of anilines is 1. The van der Waals surface area contributed by atoms with E-state index >= 15 is 0 Å². The van der Waals surface area contributed by atoms with E-state index in [2.05, 4.69) is 65.8 Å². The monoisotopic (exact) mass is 364 g/mol. The Bertz CT molecular complexity index is 930. The largest absolute Gasteiger partial charge is 0.353 e. The third-order valence-electron chi connectivity index (χ3n) is 5.26. The van der Waals surface area contributed by atoms with Gasteiger partial charge < -0.3 is 9.80 Å². The molecule has 27 heavy (non-hydrogen) atoms. The molecule has 0 unspecified atom stereocenters. The summed E-state index contributed by atoms with van der Waals surface area (Å²) in [4.78, 5) is 9.28. The normalized spacial score (nSPS) is 14.5. The van der Waals surface area contributed by atoms with Gasteiger partial charge in [0.15, 0.2) is 5.82 Å². The maximum atomic E-state index is 4.83. The van der Waals surface area contributed by atoms with Crippen LogP contribution in [0.2, 0.25) is 0 Å². The van der Waals surface area contributed by atoms with Crippen molar-refractivity contribution in [3.8, 4) is 17.1 Å². The van der Waals surface area contributed by atoms with Crippen LogP contribution in [-0.2, 0) is 13.6 Å². The number of aromatic nitrogens is 4. The third-order valence-corrected chi connectivity index (χ3v) is 5.26. The zero-order chi connectivity index (χ0) is 19.0. The van der Waals surface area contributed by atoms with Crippen molar-refractivity contribution in [2.24, 2.45) is 7.05 Å². The minimum Gasteiger partial charge on any atom is -0.353 e. The molecule has 1 fully saturated rings. The number of hydrogen-bond donors (Lipinski definition) is 0. The highest BCUT2D eigenvalue weighted by Crippen LogP contribution is 2.32. The molecule has 0 saturated carbocycles. The lowest BCUT2D eigenvalue weighted by atomic mass is 10.1. The number of aryl methyl sites for hydroxylation is 1. The molecule has 142 valence electrons. The van der Waals surface area contributed by atoms with Crippen molar-refractivity contribution in [2.75, 3.05) is 32.1 Å². The van der Waals surface area contributed by atoms with Crippen LogP contribution in [0.15, 0.2) is 36.7 Å². The SMILES string of the molecule is Cc1c(-n2ccnc2-c2cccc(CN(C)C)c2)c(N2CCCC2)nn1C. The van der Waals surface area contributed by atoms with Crippen molar-refractivity contribution < 1.29 is 0 Å². The molecule has 0 bridgehead atoms. The minimum absolute atomic E-state index is 0.916.